The number of amides is 1. The van der Waals surface area contributed by atoms with Gasteiger partial charge in [-0.2, -0.15) is 0 Å². The Labute approximate surface area is 93.9 Å². The highest BCUT2D eigenvalue weighted by atomic mass is 32.1. The largest absolute Gasteiger partial charge is 0.356 e. The minimum atomic E-state index is 0.177. The van der Waals surface area contributed by atoms with Crippen molar-refractivity contribution < 1.29 is 4.79 Å². The van der Waals surface area contributed by atoms with Gasteiger partial charge in [0.15, 0.2) is 0 Å². The van der Waals surface area contributed by atoms with E-state index >= 15 is 0 Å². The van der Waals surface area contributed by atoms with Gasteiger partial charge in [-0.1, -0.05) is 6.07 Å². The Morgan fingerprint density at radius 1 is 1.60 bits per heavy atom. The second kappa shape index (κ2) is 5.28. The molecule has 4 heteroatoms. The van der Waals surface area contributed by atoms with Crippen LogP contribution in [0.2, 0.25) is 0 Å². The van der Waals surface area contributed by atoms with Crippen molar-refractivity contribution in [2.45, 2.75) is 31.8 Å². The molecule has 1 aromatic heterocycles. The summed E-state index contributed by atoms with van der Waals surface area (Å²) in [5, 5.41) is 8.42. The standard InChI is InChI=1S/C11H16N2OS/c14-11-7-9(3-1-5-12-11)13-8-10-4-2-6-15-10/h2,4,6,9,13H,1,3,5,7-8H2,(H,12,14). The molecule has 1 aliphatic heterocycles. The van der Waals surface area contributed by atoms with E-state index in [2.05, 4.69) is 28.1 Å². The van der Waals surface area contributed by atoms with Crippen molar-refractivity contribution in [3.63, 3.8) is 0 Å². The number of carbonyl (C=O) groups is 1. The fraction of sp³-hybridized carbons (Fsp3) is 0.545. The number of carbonyl (C=O) groups excluding carboxylic acids is 1. The number of nitrogens with one attached hydrogen (secondary N) is 2. The maximum absolute atomic E-state index is 11.3. The zero-order valence-corrected chi connectivity index (χ0v) is 9.48. The molecule has 1 amide bonds. The van der Waals surface area contributed by atoms with E-state index in [9.17, 15) is 4.79 Å². The number of hydrogen-bond acceptors (Lipinski definition) is 3. The van der Waals surface area contributed by atoms with Crippen LogP contribution in [-0.4, -0.2) is 18.5 Å². The molecule has 15 heavy (non-hydrogen) atoms. The second-order valence-corrected chi connectivity index (χ2v) is 4.89. The summed E-state index contributed by atoms with van der Waals surface area (Å²) in [5.41, 5.74) is 0. The Kier molecular flexibility index (Phi) is 3.75. The fourth-order valence-electron chi connectivity index (χ4n) is 1.81. The maximum atomic E-state index is 11.3. The molecule has 1 unspecified atom stereocenters. The molecule has 0 aliphatic carbocycles. The summed E-state index contributed by atoms with van der Waals surface area (Å²) >= 11 is 1.75. The molecule has 2 rings (SSSR count). The van der Waals surface area contributed by atoms with Crippen molar-refractivity contribution in [3.05, 3.63) is 22.4 Å². The Hall–Kier alpha value is -0.870. The van der Waals surface area contributed by atoms with Gasteiger partial charge in [0.1, 0.15) is 0 Å². The van der Waals surface area contributed by atoms with Crippen LogP contribution in [0.3, 0.4) is 0 Å². The Morgan fingerprint density at radius 2 is 2.53 bits per heavy atom. The van der Waals surface area contributed by atoms with E-state index < -0.39 is 0 Å². The molecule has 1 aromatic rings. The molecule has 1 fully saturated rings. The highest BCUT2D eigenvalue weighted by molar-refractivity contribution is 7.09. The summed E-state index contributed by atoms with van der Waals surface area (Å²) in [5.74, 6) is 0.177. The average Bonchev–Trinajstić information content (AvgIpc) is 2.65. The summed E-state index contributed by atoms with van der Waals surface area (Å²) in [4.78, 5) is 12.6. The molecule has 2 N–H and O–H groups in total. The van der Waals surface area contributed by atoms with E-state index in [1.54, 1.807) is 11.3 Å². The van der Waals surface area contributed by atoms with E-state index in [1.807, 2.05) is 0 Å². The van der Waals surface area contributed by atoms with Gasteiger partial charge in [0.05, 0.1) is 0 Å². The molecule has 0 spiro atoms. The van der Waals surface area contributed by atoms with E-state index in [1.165, 1.54) is 4.88 Å². The van der Waals surface area contributed by atoms with Crippen LogP contribution in [0.25, 0.3) is 0 Å². The number of rotatable bonds is 3. The molecule has 2 heterocycles. The van der Waals surface area contributed by atoms with Gasteiger partial charge in [-0.3, -0.25) is 4.79 Å². The Morgan fingerprint density at radius 3 is 3.33 bits per heavy atom. The highest BCUT2D eigenvalue weighted by Gasteiger charge is 2.16. The Bertz CT molecular complexity index is 310. The lowest BCUT2D eigenvalue weighted by atomic mass is 10.1. The topological polar surface area (TPSA) is 41.1 Å². The van der Waals surface area contributed by atoms with Crippen LogP contribution in [-0.2, 0) is 11.3 Å². The first-order valence-electron chi connectivity index (χ1n) is 5.37. The van der Waals surface area contributed by atoms with Crippen molar-refractivity contribution in [1.29, 1.82) is 0 Å². The summed E-state index contributed by atoms with van der Waals surface area (Å²) in [6, 6.07) is 4.52. The van der Waals surface area contributed by atoms with Crippen LogP contribution in [0.15, 0.2) is 17.5 Å². The Balaban J connectivity index is 1.80. The lowest BCUT2D eigenvalue weighted by Crippen LogP contribution is -2.31. The van der Waals surface area contributed by atoms with Crippen molar-refractivity contribution in [2.75, 3.05) is 6.54 Å². The van der Waals surface area contributed by atoms with Gasteiger partial charge >= 0.3 is 0 Å². The third-order valence-electron chi connectivity index (χ3n) is 2.63. The molecule has 0 radical (unpaired) electrons. The molecule has 3 nitrogen and oxygen atoms in total. The van der Waals surface area contributed by atoms with Crippen LogP contribution in [0.5, 0.6) is 0 Å². The van der Waals surface area contributed by atoms with Gasteiger partial charge in [-0.05, 0) is 24.3 Å². The summed E-state index contributed by atoms with van der Waals surface area (Å²) in [6.07, 6.45) is 2.78. The molecule has 0 bridgehead atoms. The molecular formula is C11H16N2OS. The summed E-state index contributed by atoms with van der Waals surface area (Å²) < 4.78 is 0. The lowest BCUT2D eigenvalue weighted by molar-refractivity contribution is -0.121. The van der Waals surface area contributed by atoms with Gasteiger partial charge in [0, 0.05) is 30.4 Å². The lowest BCUT2D eigenvalue weighted by Gasteiger charge is -2.13. The van der Waals surface area contributed by atoms with Crippen molar-refractivity contribution in [2.24, 2.45) is 0 Å². The molecule has 1 aliphatic rings. The first kappa shape index (κ1) is 10.6. The predicted molar refractivity (Wildman–Crippen MR) is 61.8 cm³/mol. The van der Waals surface area contributed by atoms with Crippen LogP contribution in [0.1, 0.15) is 24.1 Å². The van der Waals surface area contributed by atoms with Gasteiger partial charge in [0.2, 0.25) is 5.91 Å². The van der Waals surface area contributed by atoms with Gasteiger partial charge < -0.3 is 10.6 Å². The van der Waals surface area contributed by atoms with Gasteiger partial charge in [-0.15, -0.1) is 11.3 Å². The van der Waals surface area contributed by atoms with Crippen molar-refractivity contribution in [1.82, 2.24) is 10.6 Å². The van der Waals surface area contributed by atoms with Crippen LogP contribution in [0, 0.1) is 0 Å². The SMILES string of the molecule is O=C1CC(NCc2cccs2)CCCN1. The maximum Gasteiger partial charge on any atom is 0.221 e. The quantitative estimate of drug-likeness (QED) is 0.817. The van der Waals surface area contributed by atoms with Crippen LogP contribution >= 0.6 is 11.3 Å². The predicted octanol–water partition coefficient (Wildman–Crippen LogP) is 1.51. The summed E-state index contributed by atoms with van der Waals surface area (Å²) in [6.45, 7) is 1.71. The first-order chi connectivity index (χ1) is 7.34. The molecule has 0 aromatic carbocycles. The summed E-state index contributed by atoms with van der Waals surface area (Å²) in [7, 11) is 0. The van der Waals surface area contributed by atoms with Crippen LogP contribution < -0.4 is 10.6 Å². The zero-order chi connectivity index (χ0) is 10.5. The van der Waals surface area contributed by atoms with Crippen molar-refractivity contribution in [3.8, 4) is 0 Å². The molecule has 1 saturated heterocycles. The third-order valence-corrected chi connectivity index (χ3v) is 3.50. The van der Waals surface area contributed by atoms with Crippen LogP contribution in [0.4, 0.5) is 0 Å². The van der Waals surface area contributed by atoms with Gasteiger partial charge in [-0.25, -0.2) is 0 Å². The van der Waals surface area contributed by atoms with E-state index in [0.717, 1.165) is 25.9 Å². The normalized spacial score (nSPS) is 22.1. The number of hydrogen-bond donors (Lipinski definition) is 2. The molecule has 1 atom stereocenters. The molecular weight excluding hydrogens is 208 g/mol. The fourth-order valence-corrected chi connectivity index (χ4v) is 2.46. The highest BCUT2D eigenvalue weighted by Crippen LogP contribution is 2.11. The smallest absolute Gasteiger partial charge is 0.221 e. The van der Waals surface area contributed by atoms with Crippen molar-refractivity contribution >= 4 is 17.2 Å². The van der Waals surface area contributed by atoms with E-state index in [-0.39, 0.29) is 5.91 Å². The molecule has 0 saturated carbocycles. The minimum absolute atomic E-state index is 0.177. The monoisotopic (exact) mass is 224 g/mol. The zero-order valence-electron chi connectivity index (χ0n) is 8.66. The van der Waals surface area contributed by atoms with E-state index in [0.29, 0.717) is 12.5 Å². The van der Waals surface area contributed by atoms with Gasteiger partial charge in [0.25, 0.3) is 0 Å². The second-order valence-electron chi connectivity index (χ2n) is 3.85. The van der Waals surface area contributed by atoms with E-state index in [4.69, 9.17) is 0 Å². The molecule has 82 valence electrons. The minimum Gasteiger partial charge on any atom is -0.356 e. The average molecular weight is 224 g/mol. The number of thiophene rings is 1. The first-order valence-corrected chi connectivity index (χ1v) is 6.25. The third kappa shape index (κ3) is 3.32.